The molecule has 2 aromatic rings. The lowest BCUT2D eigenvalue weighted by Crippen LogP contribution is -2.02. The number of anilines is 2. The highest BCUT2D eigenvalue weighted by molar-refractivity contribution is 5.61. The third-order valence-corrected chi connectivity index (χ3v) is 2.98. The van der Waals surface area contributed by atoms with Crippen molar-refractivity contribution in [3.05, 3.63) is 53.6 Å². The number of aryl methyl sites for hydroxylation is 1. The number of methoxy groups -OCH3 is 1. The molecule has 94 valence electrons. The maximum absolute atomic E-state index is 5.78. The van der Waals surface area contributed by atoms with E-state index in [1.165, 1.54) is 11.1 Å². The number of nitrogens with two attached hydrogens (primary N) is 1. The van der Waals surface area contributed by atoms with Crippen LogP contribution in [-0.2, 0) is 6.54 Å². The van der Waals surface area contributed by atoms with Crippen molar-refractivity contribution in [2.24, 2.45) is 0 Å². The zero-order valence-electron chi connectivity index (χ0n) is 10.7. The molecule has 3 N–H and O–H groups in total. The Labute approximate surface area is 108 Å². The molecule has 0 aliphatic carbocycles. The van der Waals surface area contributed by atoms with Gasteiger partial charge in [-0.15, -0.1) is 0 Å². The molecule has 0 unspecified atom stereocenters. The molecule has 3 heteroatoms. The first kappa shape index (κ1) is 12.3. The fraction of sp³-hybridized carbons (Fsp3) is 0.200. The summed E-state index contributed by atoms with van der Waals surface area (Å²) in [6.45, 7) is 2.90. The van der Waals surface area contributed by atoms with Gasteiger partial charge in [-0.25, -0.2) is 0 Å². The van der Waals surface area contributed by atoms with Gasteiger partial charge in [-0.05, 0) is 30.2 Å². The van der Waals surface area contributed by atoms with Crippen molar-refractivity contribution in [2.75, 3.05) is 18.2 Å². The first-order valence-electron chi connectivity index (χ1n) is 5.92. The van der Waals surface area contributed by atoms with Crippen LogP contribution in [0.2, 0.25) is 0 Å². The lowest BCUT2D eigenvalue weighted by molar-refractivity contribution is 0.417. The van der Waals surface area contributed by atoms with Gasteiger partial charge in [-0.1, -0.05) is 24.3 Å². The van der Waals surface area contributed by atoms with Gasteiger partial charge in [-0.3, -0.25) is 0 Å². The Morgan fingerprint density at radius 1 is 1.17 bits per heavy atom. The van der Waals surface area contributed by atoms with E-state index in [1.807, 2.05) is 30.3 Å². The van der Waals surface area contributed by atoms with Crippen LogP contribution in [0.25, 0.3) is 0 Å². The SMILES string of the molecule is COc1cc(NCc2ccccc2C)ccc1N. The summed E-state index contributed by atoms with van der Waals surface area (Å²) in [6.07, 6.45) is 0. The average molecular weight is 242 g/mol. The molecule has 0 bridgehead atoms. The number of nitrogen functional groups attached to an aromatic ring is 1. The molecular weight excluding hydrogens is 224 g/mol. The topological polar surface area (TPSA) is 47.3 Å². The van der Waals surface area contributed by atoms with E-state index in [1.54, 1.807) is 7.11 Å². The maximum atomic E-state index is 5.78. The molecule has 2 rings (SSSR count). The smallest absolute Gasteiger partial charge is 0.143 e. The average Bonchev–Trinajstić information content (AvgIpc) is 2.39. The zero-order valence-corrected chi connectivity index (χ0v) is 10.7. The van der Waals surface area contributed by atoms with Crippen LogP contribution in [0, 0.1) is 6.92 Å². The normalized spacial score (nSPS) is 10.1. The van der Waals surface area contributed by atoms with Gasteiger partial charge in [0.2, 0.25) is 0 Å². The first-order valence-corrected chi connectivity index (χ1v) is 5.92. The van der Waals surface area contributed by atoms with Crippen molar-refractivity contribution < 1.29 is 4.74 Å². The predicted octanol–water partition coefficient (Wildman–Crippen LogP) is 3.20. The van der Waals surface area contributed by atoms with Crippen LogP contribution < -0.4 is 15.8 Å². The molecule has 0 aliphatic heterocycles. The van der Waals surface area contributed by atoms with E-state index in [9.17, 15) is 0 Å². The van der Waals surface area contributed by atoms with E-state index in [4.69, 9.17) is 10.5 Å². The van der Waals surface area contributed by atoms with Gasteiger partial charge in [-0.2, -0.15) is 0 Å². The van der Waals surface area contributed by atoms with Gasteiger partial charge >= 0.3 is 0 Å². The van der Waals surface area contributed by atoms with Crippen LogP contribution in [0.4, 0.5) is 11.4 Å². The zero-order chi connectivity index (χ0) is 13.0. The highest BCUT2D eigenvalue weighted by atomic mass is 16.5. The second-order valence-electron chi connectivity index (χ2n) is 4.24. The van der Waals surface area contributed by atoms with Crippen molar-refractivity contribution in [3.8, 4) is 5.75 Å². The van der Waals surface area contributed by atoms with Crippen molar-refractivity contribution in [2.45, 2.75) is 13.5 Å². The van der Waals surface area contributed by atoms with Gasteiger partial charge in [0, 0.05) is 18.3 Å². The second kappa shape index (κ2) is 5.45. The molecule has 0 saturated carbocycles. The molecule has 3 nitrogen and oxygen atoms in total. The van der Waals surface area contributed by atoms with Crippen LogP contribution in [-0.4, -0.2) is 7.11 Å². The molecule has 0 radical (unpaired) electrons. The van der Waals surface area contributed by atoms with E-state index in [-0.39, 0.29) is 0 Å². The minimum atomic E-state index is 0.652. The second-order valence-corrected chi connectivity index (χ2v) is 4.24. The lowest BCUT2D eigenvalue weighted by Gasteiger charge is -2.11. The lowest BCUT2D eigenvalue weighted by atomic mass is 10.1. The molecular formula is C15H18N2O. The fourth-order valence-electron chi connectivity index (χ4n) is 1.83. The Hall–Kier alpha value is -2.16. The molecule has 0 spiro atoms. The molecule has 0 aromatic heterocycles. The molecule has 0 fully saturated rings. The summed E-state index contributed by atoms with van der Waals surface area (Å²) in [6, 6.07) is 14.0. The number of hydrogen-bond acceptors (Lipinski definition) is 3. The molecule has 0 saturated heterocycles. The number of rotatable bonds is 4. The van der Waals surface area contributed by atoms with Crippen molar-refractivity contribution in [1.29, 1.82) is 0 Å². The third kappa shape index (κ3) is 2.74. The minimum Gasteiger partial charge on any atom is -0.495 e. The predicted molar refractivity (Wildman–Crippen MR) is 75.9 cm³/mol. The number of ether oxygens (including phenoxy) is 1. The summed E-state index contributed by atoms with van der Waals surface area (Å²) < 4.78 is 5.20. The number of benzene rings is 2. The van der Waals surface area contributed by atoms with E-state index >= 15 is 0 Å². The fourth-order valence-corrected chi connectivity index (χ4v) is 1.83. The van der Waals surface area contributed by atoms with E-state index < -0.39 is 0 Å². The molecule has 0 amide bonds. The maximum Gasteiger partial charge on any atom is 0.143 e. The quantitative estimate of drug-likeness (QED) is 0.809. The Kier molecular flexibility index (Phi) is 3.72. The Balaban J connectivity index is 2.09. The van der Waals surface area contributed by atoms with E-state index in [2.05, 4.69) is 24.4 Å². The molecule has 2 aromatic carbocycles. The number of hydrogen-bond donors (Lipinski definition) is 2. The van der Waals surface area contributed by atoms with E-state index in [0.29, 0.717) is 11.4 Å². The van der Waals surface area contributed by atoms with Gasteiger partial charge in [0.1, 0.15) is 5.75 Å². The summed E-state index contributed by atoms with van der Waals surface area (Å²) in [7, 11) is 1.62. The molecule has 0 atom stereocenters. The van der Waals surface area contributed by atoms with Crippen molar-refractivity contribution in [1.82, 2.24) is 0 Å². The van der Waals surface area contributed by atoms with Gasteiger partial charge < -0.3 is 15.8 Å². The largest absolute Gasteiger partial charge is 0.495 e. The van der Waals surface area contributed by atoms with Crippen molar-refractivity contribution >= 4 is 11.4 Å². The summed E-state index contributed by atoms with van der Waals surface area (Å²) >= 11 is 0. The van der Waals surface area contributed by atoms with Gasteiger partial charge in [0.05, 0.1) is 12.8 Å². The van der Waals surface area contributed by atoms with Crippen LogP contribution in [0.1, 0.15) is 11.1 Å². The van der Waals surface area contributed by atoms with Crippen LogP contribution in [0.15, 0.2) is 42.5 Å². The summed E-state index contributed by atoms with van der Waals surface area (Å²) in [5.41, 5.74) is 10.0. The standard InChI is InChI=1S/C15H18N2O/c1-11-5-3-4-6-12(11)10-17-13-7-8-14(16)15(9-13)18-2/h3-9,17H,10,16H2,1-2H3. The number of nitrogens with one attached hydrogen (secondary N) is 1. The Bertz CT molecular complexity index is 538. The Morgan fingerprint density at radius 2 is 1.94 bits per heavy atom. The third-order valence-electron chi connectivity index (χ3n) is 2.98. The summed E-state index contributed by atoms with van der Waals surface area (Å²) in [4.78, 5) is 0. The highest BCUT2D eigenvalue weighted by Crippen LogP contribution is 2.25. The monoisotopic (exact) mass is 242 g/mol. The van der Waals surface area contributed by atoms with E-state index in [0.717, 1.165) is 12.2 Å². The highest BCUT2D eigenvalue weighted by Gasteiger charge is 2.01. The summed E-state index contributed by atoms with van der Waals surface area (Å²) in [5, 5.41) is 3.37. The molecule has 0 heterocycles. The minimum absolute atomic E-state index is 0.652. The van der Waals surface area contributed by atoms with Crippen LogP contribution in [0.3, 0.4) is 0 Å². The van der Waals surface area contributed by atoms with Crippen LogP contribution in [0.5, 0.6) is 5.75 Å². The van der Waals surface area contributed by atoms with Crippen molar-refractivity contribution in [3.63, 3.8) is 0 Å². The van der Waals surface area contributed by atoms with Gasteiger partial charge in [0.15, 0.2) is 0 Å². The summed E-state index contributed by atoms with van der Waals surface area (Å²) in [5.74, 6) is 0.699. The van der Waals surface area contributed by atoms with Gasteiger partial charge in [0.25, 0.3) is 0 Å². The van der Waals surface area contributed by atoms with Crippen LogP contribution >= 0.6 is 0 Å². The molecule has 0 aliphatic rings. The Morgan fingerprint density at radius 3 is 2.67 bits per heavy atom. The molecule has 18 heavy (non-hydrogen) atoms. The first-order chi connectivity index (χ1) is 8.70.